The van der Waals surface area contributed by atoms with Gasteiger partial charge in [-0.05, 0) is 47.7 Å². The average molecular weight is 372 g/mol. The van der Waals surface area contributed by atoms with Crippen molar-refractivity contribution in [1.29, 1.82) is 0 Å². The summed E-state index contributed by atoms with van der Waals surface area (Å²) >= 11 is 1.55. The van der Waals surface area contributed by atoms with E-state index in [0.717, 1.165) is 21.7 Å². The molecule has 6 heteroatoms. The molecule has 1 aromatic carbocycles. The van der Waals surface area contributed by atoms with Crippen LogP contribution in [0, 0.1) is 6.92 Å². The second kappa shape index (κ2) is 9.20. The van der Waals surface area contributed by atoms with Crippen LogP contribution in [-0.2, 0) is 20.9 Å². The minimum absolute atomic E-state index is 0.240. The fraction of sp³-hybridized carbons (Fsp3) is 0.300. The third-order valence-corrected chi connectivity index (χ3v) is 4.89. The number of hydrogen-bond acceptors (Lipinski definition) is 5. The highest BCUT2D eigenvalue weighted by molar-refractivity contribution is 7.11. The number of carbonyl (C=O) groups excluding carboxylic acids is 2. The number of anilines is 1. The van der Waals surface area contributed by atoms with Gasteiger partial charge in [0, 0.05) is 44.3 Å². The Morgan fingerprint density at radius 3 is 2.38 bits per heavy atom. The summed E-state index contributed by atoms with van der Waals surface area (Å²) in [6.07, 6.45) is 3.06. The summed E-state index contributed by atoms with van der Waals surface area (Å²) in [5.41, 5.74) is 3.23. The van der Waals surface area contributed by atoms with Crippen LogP contribution in [0.3, 0.4) is 0 Å². The van der Waals surface area contributed by atoms with Crippen LogP contribution in [0.2, 0.25) is 0 Å². The molecule has 2 aromatic rings. The maximum atomic E-state index is 12.1. The number of likely N-dealkylation sites (N-methyl/N-ethyl adjacent to an activating group) is 1. The first-order valence-electron chi connectivity index (χ1n) is 8.26. The van der Waals surface area contributed by atoms with E-state index in [9.17, 15) is 9.59 Å². The normalized spacial score (nSPS) is 10.8. The van der Waals surface area contributed by atoms with Gasteiger partial charge in [0.25, 0.3) is 5.91 Å². The lowest BCUT2D eigenvalue weighted by molar-refractivity contribution is -0.147. The highest BCUT2D eigenvalue weighted by Gasteiger charge is 2.11. The molecule has 0 radical (unpaired) electrons. The lowest BCUT2D eigenvalue weighted by Crippen LogP contribution is -2.30. The molecule has 1 amide bonds. The van der Waals surface area contributed by atoms with Crippen LogP contribution in [0.15, 0.2) is 41.8 Å². The molecule has 0 fully saturated rings. The predicted octanol–water partition coefficient (Wildman–Crippen LogP) is 3.34. The number of amides is 1. The molecule has 1 heterocycles. The van der Waals surface area contributed by atoms with E-state index in [2.05, 4.69) is 0 Å². The van der Waals surface area contributed by atoms with Gasteiger partial charge in [-0.2, -0.15) is 0 Å². The summed E-state index contributed by atoms with van der Waals surface area (Å²) < 4.78 is 5.03. The summed E-state index contributed by atoms with van der Waals surface area (Å²) in [6, 6.07) is 9.96. The molecule has 0 aliphatic heterocycles. The van der Waals surface area contributed by atoms with Gasteiger partial charge in [-0.25, -0.2) is 4.79 Å². The number of aryl methyl sites for hydroxylation is 1. The summed E-state index contributed by atoms with van der Waals surface area (Å²) in [6.45, 7) is 2.18. The Morgan fingerprint density at radius 1 is 1.12 bits per heavy atom. The Balaban J connectivity index is 1.80. The molecule has 0 aliphatic carbocycles. The summed E-state index contributed by atoms with van der Waals surface area (Å²) in [5.74, 6) is -0.759. The summed E-state index contributed by atoms with van der Waals surface area (Å²) in [5, 5.41) is 1.96. The number of hydrogen-bond donors (Lipinski definition) is 0. The Hall–Kier alpha value is -2.60. The van der Waals surface area contributed by atoms with Crippen molar-refractivity contribution in [2.75, 3.05) is 32.6 Å². The van der Waals surface area contributed by atoms with Gasteiger partial charge in [-0.1, -0.05) is 12.1 Å². The number of benzene rings is 1. The van der Waals surface area contributed by atoms with E-state index < -0.39 is 5.97 Å². The van der Waals surface area contributed by atoms with Crippen molar-refractivity contribution >= 4 is 35.0 Å². The zero-order valence-electron chi connectivity index (χ0n) is 15.6. The molecule has 0 unspecified atom stereocenters. The van der Waals surface area contributed by atoms with Crippen LogP contribution in [0.1, 0.15) is 16.0 Å². The number of nitrogens with zero attached hydrogens (tertiary/aromatic N) is 2. The Morgan fingerprint density at radius 2 is 1.81 bits per heavy atom. The molecule has 2 rings (SSSR count). The lowest BCUT2D eigenvalue weighted by atomic mass is 10.2. The highest BCUT2D eigenvalue weighted by Crippen LogP contribution is 2.17. The van der Waals surface area contributed by atoms with Gasteiger partial charge >= 0.3 is 5.97 Å². The van der Waals surface area contributed by atoms with Crippen LogP contribution in [0.4, 0.5) is 5.69 Å². The lowest BCUT2D eigenvalue weighted by Gasteiger charge is -2.18. The van der Waals surface area contributed by atoms with Gasteiger partial charge in [0.1, 0.15) is 0 Å². The summed E-state index contributed by atoms with van der Waals surface area (Å²) in [7, 11) is 5.65. The zero-order valence-corrected chi connectivity index (χ0v) is 16.4. The second-order valence-corrected chi connectivity index (χ2v) is 7.17. The van der Waals surface area contributed by atoms with E-state index >= 15 is 0 Å². The molecule has 0 atom stereocenters. The van der Waals surface area contributed by atoms with Crippen molar-refractivity contribution in [3.8, 4) is 0 Å². The van der Waals surface area contributed by atoms with Gasteiger partial charge in [-0.15, -0.1) is 11.3 Å². The van der Waals surface area contributed by atoms with Crippen LogP contribution in [0.5, 0.6) is 0 Å². The van der Waals surface area contributed by atoms with Crippen molar-refractivity contribution in [3.63, 3.8) is 0 Å². The molecular weight excluding hydrogens is 348 g/mol. The van der Waals surface area contributed by atoms with Crippen molar-refractivity contribution in [1.82, 2.24) is 4.90 Å². The first kappa shape index (κ1) is 19.7. The molecule has 5 nitrogen and oxygen atoms in total. The number of rotatable bonds is 7. The first-order valence-corrected chi connectivity index (χ1v) is 9.14. The van der Waals surface area contributed by atoms with E-state index in [-0.39, 0.29) is 12.5 Å². The minimum atomic E-state index is -0.519. The number of ether oxygens (including phenoxy) is 1. The van der Waals surface area contributed by atoms with Crippen LogP contribution in [-0.4, -0.2) is 44.5 Å². The molecule has 0 saturated heterocycles. The fourth-order valence-electron chi connectivity index (χ4n) is 2.25. The van der Waals surface area contributed by atoms with Crippen molar-refractivity contribution < 1.29 is 14.3 Å². The smallest absolute Gasteiger partial charge is 0.331 e. The molecule has 0 saturated carbocycles. The standard InChI is InChI=1S/C20H24N2O3S/c1-15-11-12-26-18(15)9-10-20(24)25-14-19(23)22(4)13-16-5-7-17(8-6-16)21(2)3/h5-12H,13-14H2,1-4H3/b10-9+. The van der Waals surface area contributed by atoms with Crippen LogP contribution in [0.25, 0.3) is 6.08 Å². The third-order valence-electron chi connectivity index (χ3n) is 3.91. The highest BCUT2D eigenvalue weighted by atomic mass is 32.1. The molecule has 26 heavy (non-hydrogen) atoms. The van der Waals surface area contributed by atoms with Gasteiger partial charge in [0.2, 0.25) is 0 Å². The Kier molecular flexibility index (Phi) is 6.97. The third kappa shape index (κ3) is 5.74. The van der Waals surface area contributed by atoms with E-state index in [1.54, 1.807) is 29.4 Å². The molecule has 0 bridgehead atoms. The molecule has 0 spiro atoms. The predicted molar refractivity (Wildman–Crippen MR) is 106 cm³/mol. The number of thiophene rings is 1. The van der Waals surface area contributed by atoms with Crippen LogP contribution < -0.4 is 4.90 Å². The molecule has 1 aromatic heterocycles. The van der Waals surface area contributed by atoms with E-state index in [1.165, 1.54) is 6.08 Å². The van der Waals surface area contributed by atoms with Crippen molar-refractivity contribution in [2.24, 2.45) is 0 Å². The first-order chi connectivity index (χ1) is 12.4. The Bertz CT molecular complexity index is 779. The minimum Gasteiger partial charge on any atom is -0.452 e. The fourth-order valence-corrected chi connectivity index (χ4v) is 3.07. The van der Waals surface area contributed by atoms with E-state index in [4.69, 9.17) is 4.74 Å². The molecule has 0 aliphatic rings. The van der Waals surface area contributed by atoms with Gasteiger partial charge in [0.15, 0.2) is 6.61 Å². The summed E-state index contributed by atoms with van der Waals surface area (Å²) in [4.78, 5) is 28.5. The zero-order chi connectivity index (χ0) is 19.1. The molecule has 138 valence electrons. The number of esters is 1. The monoisotopic (exact) mass is 372 g/mol. The quantitative estimate of drug-likeness (QED) is 0.553. The van der Waals surface area contributed by atoms with Crippen LogP contribution >= 0.6 is 11.3 Å². The second-order valence-electron chi connectivity index (χ2n) is 6.22. The maximum Gasteiger partial charge on any atom is 0.331 e. The Labute approximate surface area is 158 Å². The van der Waals surface area contributed by atoms with Crippen molar-refractivity contribution in [2.45, 2.75) is 13.5 Å². The van der Waals surface area contributed by atoms with Gasteiger partial charge in [0.05, 0.1) is 0 Å². The average Bonchev–Trinajstić information content (AvgIpc) is 3.03. The maximum absolute atomic E-state index is 12.1. The molecular formula is C20H24N2O3S. The largest absolute Gasteiger partial charge is 0.452 e. The topological polar surface area (TPSA) is 49.9 Å². The van der Waals surface area contributed by atoms with Gasteiger partial charge < -0.3 is 14.5 Å². The van der Waals surface area contributed by atoms with E-state index in [1.807, 2.05) is 61.6 Å². The van der Waals surface area contributed by atoms with Gasteiger partial charge in [-0.3, -0.25) is 4.79 Å². The number of carbonyl (C=O) groups is 2. The SMILES string of the molecule is Cc1ccsc1/C=C/C(=O)OCC(=O)N(C)Cc1ccc(N(C)C)cc1. The van der Waals surface area contributed by atoms with E-state index in [0.29, 0.717) is 6.54 Å². The molecule has 0 N–H and O–H groups in total. The van der Waals surface area contributed by atoms with Crippen molar-refractivity contribution in [3.05, 3.63) is 57.8 Å².